The topological polar surface area (TPSA) is 243 Å². The minimum Gasteiger partial charge on any atom is -0.766 e. The Bertz CT molecular complexity index is 1320. The minimum atomic E-state index is -5.95. The fraction of sp³-hybridized carbons (Fsp3) is 0.789. The number of H-pyrrole nitrogens is 1. The molecule has 1 aromatic rings. The number of aromatic amines is 1. The van der Waals surface area contributed by atoms with E-state index in [9.17, 15) is 38.0 Å². The number of ether oxygens (including phenoxy) is 3. The van der Waals surface area contributed by atoms with E-state index in [0.717, 1.165) is 23.8 Å². The zero-order chi connectivity index (χ0) is 29.3. The molecular formula is C19H28IN3O14P3-3. The lowest BCUT2D eigenvalue weighted by molar-refractivity contribution is -0.247. The summed E-state index contributed by atoms with van der Waals surface area (Å²) in [6, 6.07) is -0.545. The van der Waals surface area contributed by atoms with Crippen molar-refractivity contribution in [2.24, 2.45) is 0 Å². The number of rotatable bonds is 12. The van der Waals surface area contributed by atoms with Crippen molar-refractivity contribution in [2.45, 2.75) is 88.7 Å². The number of aromatic nitrogens is 2. The number of nitrogens with one attached hydrogen (secondary N) is 2. The fourth-order valence-corrected chi connectivity index (χ4v) is 8.98. The highest BCUT2D eigenvalue weighted by Gasteiger charge is 2.53. The molecule has 2 saturated heterocycles. The number of fused-ring (bicyclic) bond motifs is 1. The zero-order valence-electron chi connectivity index (χ0n) is 21.1. The van der Waals surface area contributed by atoms with Gasteiger partial charge in [-0.05, 0) is 41.9 Å². The first kappa shape index (κ1) is 32.6. The van der Waals surface area contributed by atoms with Gasteiger partial charge in [0.1, 0.15) is 18.3 Å². The van der Waals surface area contributed by atoms with Gasteiger partial charge >= 0.3 is 5.69 Å². The van der Waals surface area contributed by atoms with E-state index in [2.05, 4.69) is 23.2 Å². The second-order valence-electron chi connectivity index (χ2n) is 9.44. The van der Waals surface area contributed by atoms with Gasteiger partial charge in [0.2, 0.25) is 7.75 Å². The second-order valence-corrected chi connectivity index (χ2v) is 15.2. The molecule has 228 valence electrons. The van der Waals surface area contributed by atoms with E-state index < -0.39 is 78.1 Å². The highest BCUT2D eigenvalue weighted by molar-refractivity contribution is 14.1. The van der Waals surface area contributed by atoms with E-state index in [1.807, 2.05) is 6.92 Å². The molecule has 2 aliphatic heterocycles. The molecule has 40 heavy (non-hydrogen) atoms. The van der Waals surface area contributed by atoms with Gasteiger partial charge in [-0.1, -0.05) is 32.6 Å². The molecule has 4 rings (SSSR count). The smallest absolute Gasteiger partial charge is 0.330 e. The van der Waals surface area contributed by atoms with Crippen LogP contribution in [0.5, 0.6) is 0 Å². The van der Waals surface area contributed by atoms with Crippen LogP contribution in [-0.4, -0.2) is 46.8 Å². The molecule has 8 atom stereocenters. The Morgan fingerprint density at radius 3 is 2.40 bits per heavy atom. The molecular weight excluding hydrogens is 714 g/mol. The molecule has 2 N–H and O–H groups in total. The Balaban J connectivity index is 1.42. The van der Waals surface area contributed by atoms with E-state index in [1.54, 1.807) is 22.6 Å². The van der Waals surface area contributed by atoms with Gasteiger partial charge < -0.3 is 33.4 Å². The van der Waals surface area contributed by atoms with Gasteiger partial charge in [0, 0.05) is 12.2 Å². The van der Waals surface area contributed by atoms with Crippen LogP contribution >= 0.6 is 46.0 Å². The van der Waals surface area contributed by atoms with Crippen molar-refractivity contribution in [3.05, 3.63) is 30.6 Å². The van der Waals surface area contributed by atoms with Gasteiger partial charge in [-0.15, -0.1) is 0 Å². The van der Waals surface area contributed by atoms with Crippen LogP contribution in [0.25, 0.3) is 0 Å². The molecule has 3 fully saturated rings. The Morgan fingerprint density at radius 1 is 1.05 bits per heavy atom. The standard InChI is InChI=1S/C19H31IN3O14P3/c1-2-6-14-34-15-13(33-18(16(15)35-14)23-9-12(20)17(24)21-19(23)25)10-32-39(28,29)37-40(30,31)36-38(26,27)22-11-7-4-3-5-8-11/h9,11,13-16,18H,2-8,10H2,1H3,(H,28,29)(H,30,31)(H,21,24,25)(H2,22,26,27)/p-3/t13-,14?,15+,16?,18-/m1/s1. The van der Waals surface area contributed by atoms with E-state index in [1.165, 1.54) is 6.20 Å². The van der Waals surface area contributed by atoms with Crippen LogP contribution in [0.3, 0.4) is 0 Å². The number of hydrogen-bond acceptors (Lipinski definition) is 14. The van der Waals surface area contributed by atoms with Crippen LogP contribution in [0, 0.1) is 3.57 Å². The minimum absolute atomic E-state index is 0.165. The number of nitrogens with zero attached hydrogens (tertiary/aromatic N) is 1. The van der Waals surface area contributed by atoms with E-state index in [0.29, 0.717) is 25.7 Å². The normalized spacial score (nSPS) is 31.8. The van der Waals surface area contributed by atoms with Gasteiger partial charge in [0.05, 0.1) is 10.2 Å². The molecule has 0 radical (unpaired) electrons. The van der Waals surface area contributed by atoms with Crippen molar-refractivity contribution in [3.63, 3.8) is 0 Å². The van der Waals surface area contributed by atoms with Crippen molar-refractivity contribution in [1.82, 2.24) is 14.6 Å². The first-order valence-electron chi connectivity index (χ1n) is 12.4. The molecule has 3 heterocycles. The van der Waals surface area contributed by atoms with Gasteiger partial charge in [0.25, 0.3) is 21.2 Å². The maximum atomic E-state index is 12.4. The zero-order valence-corrected chi connectivity index (χ0v) is 25.9. The number of phosphoric acid groups is 2. The lowest BCUT2D eigenvalue weighted by atomic mass is 9.96. The predicted molar refractivity (Wildman–Crippen MR) is 137 cm³/mol. The monoisotopic (exact) mass is 742 g/mol. The highest BCUT2D eigenvalue weighted by atomic mass is 127. The Labute approximate surface area is 241 Å². The molecule has 1 aliphatic carbocycles. The van der Waals surface area contributed by atoms with Gasteiger partial charge in [0.15, 0.2) is 12.5 Å². The maximum Gasteiger partial charge on any atom is 0.330 e. The summed E-state index contributed by atoms with van der Waals surface area (Å²) >= 11 is 1.71. The van der Waals surface area contributed by atoms with Crippen molar-refractivity contribution in [2.75, 3.05) is 6.61 Å². The van der Waals surface area contributed by atoms with Crippen LogP contribution in [0.1, 0.15) is 58.1 Å². The van der Waals surface area contributed by atoms with Crippen molar-refractivity contribution in [1.29, 1.82) is 0 Å². The lowest BCUT2D eigenvalue weighted by Crippen LogP contribution is -2.37. The van der Waals surface area contributed by atoms with Gasteiger partial charge in [-0.25, -0.2) is 9.11 Å². The van der Waals surface area contributed by atoms with Gasteiger partial charge in [-0.3, -0.25) is 37.4 Å². The average molecular weight is 742 g/mol. The Morgan fingerprint density at radius 2 is 1.73 bits per heavy atom. The van der Waals surface area contributed by atoms with Crippen LogP contribution in [0.15, 0.2) is 15.8 Å². The summed E-state index contributed by atoms with van der Waals surface area (Å²) in [7, 11) is -16.9. The average Bonchev–Trinajstić information content (AvgIpc) is 3.38. The summed E-state index contributed by atoms with van der Waals surface area (Å²) in [5.41, 5.74) is -1.43. The molecule has 17 nitrogen and oxygen atoms in total. The second kappa shape index (κ2) is 13.1. The molecule has 5 unspecified atom stereocenters. The fourth-order valence-electron chi connectivity index (χ4n) is 4.72. The Hall–Kier alpha value is -0.300. The molecule has 0 bridgehead atoms. The third-order valence-electron chi connectivity index (χ3n) is 6.38. The number of phosphoric ester groups is 1. The highest BCUT2D eigenvalue weighted by Crippen LogP contribution is 2.62. The van der Waals surface area contributed by atoms with E-state index >= 15 is 0 Å². The first-order valence-corrected chi connectivity index (χ1v) is 18.0. The quantitative estimate of drug-likeness (QED) is 0.217. The van der Waals surface area contributed by atoms with Crippen LogP contribution in [0.4, 0.5) is 0 Å². The molecule has 0 amide bonds. The largest absolute Gasteiger partial charge is 0.766 e. The number of halogens is 1. The summed E-state index contributed by atoms with van der Waals surface area (Å²) in [4.78, 5) is 62.9. The molecule has 0 spiro atoms. The van der Waals surface area contributed by atoms with Crippen molar-refractivity contribution >= 4 is 46.0 Å². The molecule has 0 aromatic carbocycles. The van der Waals surface area contributed by atoms with Gasteiger partial charge in [-0.2, -0.15) is 0 Å². The summed E-state index contributed by atoms with van der Waals surface area (Å²) in [5.74, 6) is 0. The third kappa shape index (κ3) is 8.41. The third-order valence-corrected chi connectivity index (χ3v) is 11.6. The molecule has 3 aliphatic rings. The van der Waals surface area contributed by atoms with E-state index in [-0.39, 0.29) is 3.57 Å². The predicted octanol–water partition coefficient (Wildman–Crippen LogP) is 0.326. The SMILES string of the molecule is CCCC1OC2[C@@H](O1)[C@@H](COP(=O)([O-])OP(=O)([O-])OP(=O)([O-])NC1CCCCC1)O[C@H]2n1cc(I)c(=O)[nH]c1=O. The van der Waals surface area contributed by atoms with Crippen molar-refractivity contribution in [3.8, 4) is 0 Å². The summed E-state index contributed by atoms with van der Waals surface area (Å²) in [6.45, 7) is 1.04. The first-order chi connectivity index (χ1) is 18.7. The molecule has 21 heteroatoms. The molecule has 1 aromatic heterocycles. The van der Waals surface area contributed by atoms with E-state index in [4.69, 9.17) is 14.2 Å². The summed E-state index contributed by atoms with van der Waals surface area (Å²) < 4.78 is 67.9. The molecule has 1 saturated carbocycles. The maximum absolute atomic E-state index is 12.4. The van der Waals surface area contributed by atoms with Crippen LogP contribution < -0.4 is 31.0 Å². The Kier molecular flexibility index (Phi) is 10.7. The summed E-state index contributed by atoms with van der Waals surface area (Å²) in [6.07, 6.45) is 0.782. The number of hydrogen-bond donors (Lipinski definition) is 2. The van der Waals surface area contributed by atoms with Crippen LogP contribution in [-0.2, 0) is 41.1 Å². The van der Waals surface area contributed by atoms with Crippen LogP contribution in [0.2, 0.25) is 0 Å². The van der Waals surface area contributed by atoms with Crippen molar-refractivity contribution < 1.29 is 55.7 Å². The lowest BCUT2D eigenvalue weighted by Gasteiger charge is -2.37. The summed E-state index contributed by atoms with van der Waals surface area (Å²) in [5, 5.41) is 2.08.